The molecule has 148 valence electrons. The molecule has 2 aromatic carbocycles. The molecule has 1 saturated heterocycles. The molecular formula is C24H30N2O2. The van der Waals surface area contributed by atoms with Crippen LogP contribution in [0.1, 0.15) is 56.1 Å². The number of nitrogens with one attached hydrogen (secondary N) is 1. The van der Waals surface area contributed by atoms with E-state index in [0.717, 1.165) is 23.3 Å². The van der Waals surface area contributed by atoms with Crippen molar-refractivity contribution in [1.82, 2.24) is 4.90 Å². The van der Waals surface area contributed by atoms with Gasteiger partial charge in [0.25, 0.3) is 0 Å². The van der Waals surface area contributed by atoms with Gasteiger partial charge in [0.1, 0.15) is 6.61 Å². The first-order valence-electron chi connectivity index (χ1n) is 10.5. The molecule has 3 atom stereocenters. The molecule has 0 spiro atoms. The molecule has 1 unspecified atom stereocenters. The number of hydrogen-bond donors (Lipinski definition) is 1. The van der Waals surface area contributed by atoms with Gasteiger partial charge >= 0.3 is 6.09 Å². The zero-order valence-electron chi connectivity index (χ0n) is 16.6. The summed E-state index contributed by atoms with van der Waals surface area (Å²) < 4.78 is 5.29. The first-order valence-corrected chi connectivity index (χ1v) is 10.5. The maximum Gasteiger partial charge on any atom is 0.411 e. The van der Waals surface area contributed by atoms with Crippen molar-refractivity contribution in [3.05, 3.63) is 65.7 Å². The number of carbonyl (C=O) groups is 1. The minimum atomic E-state index is -0.416. The normalized spacial score (nSPS) is 25.0. The topological polar surface area (TPSA) is 41.6 Å². The van der Waals surface area contributed by atoms with E-state index in [1.807, 2.05) is 42.5 Å². The van der Waals surface area contributed by atoms with E-state index in [1.54, 1.807) is 0 Å². The third-order valence-electron chi connectivity index (χ3n) is 6.32. The Labute approximate surface area is 167 Å². The number of amides is 1. The maximum absolute atomic E-state index is 12.0. The van der Waals surface area contributed by atoms with E-state index < -0.39 is 6.09 Å². The highest BCUT2D eigenvalue weighted by molar-refractivity contribution is 5.84. The van der Waals surface area contributed by atoms with E-state index in [2.05, 4.69) is 29.3 Å². The Morgan fingerprint density at radius 3 is 2.57 bits per heavy atom. The summed E-state index contributed by atoms with van der Waals surface area (Å²) in [6.45, 7) is 3.92. The third kappa shape index (κ3) is 4.56. The molecule has 2 aromatic rings. The summed E-state index contributed by atoms with van der Waals surface area (Å²) in [4.78, 5) is 14.7. The molecule has 0 aromatic heterocycles. The largest absolute Gasteiger partial charge is 0.444 e. The van der Waals surface area contributed by atoms with E-state index >= 15 is 0 Å². The average molecular weight is 379 g/mol. The second-order valence-electron chi connectivity index (χ2n) is 8.20. The number of rotatable bonds is 5. The fourth-order valence-electron chi connectivity index (χ4n) is 4.78. The van der Waals surface area contributed by atoms with Gasteiger partial charge in [-0.05, 0) is 74.8 Å². The molecule has 2 aliphatic rings. The molecule has 4 heteroatoms. The lowest BCUT2D eigenvalue weighted by molar-refractivity contribution is 0.155. The van der Waals surface area contributed by atoms with Crippen LogP contribution >= 0.6 is 0 Å². The number of ether oxygens (including phenoxy) is 1. The number of nitrogens with zero attached hydrogens (tertiary/aromatic N) is 1. The van der Waals surface area contributed by atoms with Crippen LogP contribution in [0.25, 0.3) is 0 Å². The predicted molar refractivity (Wildman–Crippen MR) is 112 cm³/mol. The van der Waals surface area contributed by atoms with Gasteiger partial charge in [-0.25, -0.2) is 4.79 Å². The van der Waals surface area contributed by atoms with Crippen molar-refractivity contribution >= 4 is 11.8 Å². The van der Waals surface area contributed by atoms with E-state index in [4.69, 9.17) is 4.74 Å². The van der Waals surface area contributed by atoms with Crippen molar-refractivity contribution in [3.8, 4) is 0 Å². The van der Waals surface area contributed by atoms with Gasteiger partial charge in [-0.3, -0.25) is 10.2 Å². The van der Waals surface area contributed by atoms with Crippen LogP contribution in [0.15, 0.2) is 54.6 Å². The van der Waals surface area contributed by atoms with Crippen LogP contribution in [-0.2, 0) is 11.3 Å². The van der Waals surface area contributed by atoms with Gasteiger partial charge in [0.2, 0.25) is 0 Å². The fourth-order valence-corrected chi connectivity index (χ4v) is 4.78. The molecule has 0 radical (unpaired) electrons. The summed E-state index contributed by atoms with van der Waals surface area (Å²) in [7, 11) is 0. The molecule has 1 heterocycles. The molecule has 1 amide bonds. The summed E-state index contributed by atoms with van der Waals surface area (Å²) in [6.07, 6.45) is 6.11. The molecule has 4 nitrogen and oxygen atoms in total. The predicted octanol–water partition coefficient (Wildman–Crippen LogP) is 5.56. The highest BCUT2D eigenvalue weighted by Gasteiger charge is 2.34. The van der Waals surface area contributed by atoms with Crippen LogP contribution in [0.2, 0.25) is 0 Å². The third-order valence-corrected chi connectivity index (χ3v) is 6.32. The van der Waals surface area contributed by atoms with Crippen LogP contribution in [0.4, 0.5) is 10.5 Å². The number of likely N-dealkylation sites (tertiary alicyclic amines) is 1. The lowest BCUT2D eigenvalue weighted by Crippen LogP contribution is -2.35. The monoisotopic (exact) mass is 378 g/mol. The summed E-state index contributed by atoms with van der Waals surface area (Å²) in [5, 5.41) is 2.82. The number of benzene rings is 2. The number of hydrogen-bond acceptors (Lipinski definition) is 3. The standard InChI is InChI=1S/C24H30N2O2/c1-18-6-5-15-26(18)23-14-11-21(16-23)20-9-12-22(13-10-20)25-24(27)28-17-19-7-3-2-4-8-19/h2-4,7-10,12-13,18,21,23H,5-6,11,14-17H2,1H3,(H,25,27)/t18?,21-,23-/m0/s1. The molecule has 1 N–H and O–H groups in total. The Balaban J connectivity index is 1.27. The van der Waals surface area contributed by atoms with E-state index in [-0.39, 0.29) is 6.61 Å². The summed E-state index contributed by atoms with van der Waals surface area (Å²) in [5.41, 5.74) is 3.15. The van der Waals surface area contributed by atoms with Crippen molar-refractivity contribution in [2.24, 2.45) is 0 Å². The molecule has 0 bridgehead atoms. The zero-order valence-corrected chi connectivity index (χ0v) is 16.6. The molecule has 1 aliphatic carbocycles. The SMILES string of the molecule is CC1CCCN1[C@H]1CC[C@H](c2ccc(NC(=O)OCc3ccccc3)cc2)C1. The lowest BCUT2D eigenvalue weighted by atomic mass is 9.97. The molecule has 1 saturated carbocycles. The van der Waals surface area contributed by atoms with Crippen molar-refractivity contribution in [1.29, 1.82) is 0 Å². The number of carbonyl (C=O) groups excluding carboxylic acids is 1. The van der Waals surface area contributed by atoms with Crippen LogP contribution < -0.4 is 5.32 Å². The van der Waals surface area contributed by atoms with Gasteiger partial charge in [0.05, 0.1) is 0 Å². The Kier molecular flexibility index (Phi) is 5.96. The first kappa shape index (κ1) is 19.0. The Morgan fingerprint density at radius 2 is 1.86 bits per heavy atom. The quantitative estimate of drug-likeness (QED) is 0.741. The lowest BCUT2D eigenvalue weighted by Gasteiger charge is -2.28. The van der Waals surface area contributed by atoms with E-state index in [1.165, 1.54) is 44.2 Å². The minimum Gasteiger partial charge on any atom is -0.444 e. The van der Waals surface area contributed by atoms with E-state index in [0.29, 0.717) is 5.92 Å². The smallest absolute Gasteiger partial charge is 0.411 e. The van der Waals surface area contributed by atoms with Gasteiger partial charge in [0, 0.05) is 17.8 Å². The first-order chi connectivity index (χ1) is 13.7. The highest BCUT2D eigenvalue weighted by atomic mass is 16.5. The van der Waals surface area contributed by atoms with Gasteiger partial charge in [-0.2, -0.15) is 0 Å². The average Bonchev–Trinajstić information content (AvgIpc) is 3.37. The van der Waals surface area contributed by atoms with Gasteiger partial charge in [-0.15, -0.1) is 0 Å². The second kappa shape index (κ2) is 8.78. The fraction of sp³-hybridized carbons (Fsp3) is 0.458. The summed E-state index contributed by atoms with van der Waals surface area (Å²) in [5.74, 6) is 0.636. The van der Waals surface area contributed by atoms with Gasteiger partial charge < -0.3 is 4.74 Å². The maximum atomic E-state index is 12.0. The van der Waals surface area contributed by atoms with Crippen LogP contribution in [0.3, 0.4) is 0 Å². The minimum absolute atomic E-state index is 0.281. The second-order valence-corrected chi connectivity index (χ2v) is 8.20. The van der Waals surface area contributed by atoms with Crippen LogP contribution in [0.5, 0.6) is 0 Å². The van der Waals surface area contributed by atoms with Gasteiger partial charge in [-0.1, -0.05) is 42.5 Å². The molecular weight excluding hydrogens is 348 g/mol. The van der Waals surface area contributed by atoms with Crippen molar-refractivity contribution < 1.29 is 9.53 Å². The highest BCUT2D eigenvalue weighted by Crippen LogP contribution is 2.39. The Bertz CT molecular complexity index is 775. The van der Waals surface area contributed by atoms with Crippen LogP contribution in [-0.4, -0.2) is 29.6 Å². The van der Waals surface area contributed by atoms with Crippen molar-refractivity contribution in [3.63, 3.8) is 0 Å². The Hall–Kier alpha value is -2.33. The molecule has 28 heavy (non-hydrogen) atoms. The Morgan fingerprint density at radius 1 is 1.07 bits per heavy atom. The van der Waals surface area contributed by atoms with E-state index in [9.17, 15) is 4.79 Å². The molecule has 1 aliphatic heterocycles. The molecule has 2 fully saturated rings. The summed E-state index contributed by atoms with van der Waals surface area (Å²) >= 11 is 0. The van der Waals surface area contributed by atoms with Gasteiger partial charge in [0.15, 0.2) is 0 Å². The zero-order chi connectivity index (χ0) is 19.3. The molecule has 4 rings (SSSR count). The number of anilines is 1. The van der Waals surface area contributed by atoms with Crippen molar-refractivity contribution in [2.45, 2.75) is 63.6 Å². The van der Waals surface area contributed by atoms with Crippen molar-refractivity contribution in [2.75, 3.05) is 11.9 Å². The summed E-state index contributed by atoms with van der Waals surface area (Å²) in [6, 6.07) is 19.5. The van der Waals surface area contributed by atoms with Crippen LogP contribution in [0, 0.1) is 0 Å².